The second-order valence-corrected chi connectivity index (χ2v) is 5.32. The molecule has 0 unspecified atom stereocenters. The Morgan fingerprint density at radius 3 is 2.41 bits per heavy atom. The third kappa shape index (κ3) is 2.19. The van der Waals surface area contributed by atoms with Crippen molar-refractivity contribution >= 4 is 32.7 Å². The zero-order valence-corrected chi connectivity index (χ0v) is 12.2. The Balaban J connectivity index is 0.000000215. The molecule has 0 saturated heterocycles. The summed E-state index contributed by atoms with van der Waals surface area (Å²) in [5, 5.41) is 3.72. The highest BCUT2D eigenvalue weighted by Crippen LogP contribution is 2.29. The molecule has 2 nitrogen and oxygen atoms in total. The fraction of sp³-hybridized carbons (Fsp3) is 0.0500. The van der Waals surface area contributed by atoms with Gasteiger partial charge in [0.25, 0.3) is 0 Å². The van der Waals surface area contributed by atoms with E-state index in [1.807, 2.05) is 12.3 Å². The summed E-state index contributed by atoms with van der Waals surface area (Å²) >= 11 is 0. The lowest BCUT2D eigenvalue weighted by Crippen LogP contribution is -1.78. The van der Waals surface area contributed by atoms with E-state index in [0.717, 1.165) is 11.9 Å². The van der Waals surface area contributed by atoms with Gasteiger partial charge in [0.1, 0.15) is 0 Å². The second-order valence-electron chi connectivity index (χ2n) is 5.32. The molecule has 4 aromatic rings. The third-order valence-electron chi connectivity index (χ3n) is 3.92. The van der Waals surface area contributed by atoms with Crippen molar-refractivity contribution in [2.75, 3.05) is 0 Å². The van der Waals surface area contributed by atoms with E-state index in [9.17, 15) is 0 Å². The quantitative estimate of drug-likeness (QED) is 0.462. The van der Waals surface area contributed by atoms with Gasteiger partial charge in [-0.2, -0.15) is 0 Å². The summed E-state index contributed by atoms with van der Waals surface area (Å²) in [6.45, 7) is 0. The van der Waals surface area contributed by atoms with Gasteiger partial charge in [0.15, 0.2) is 0 Å². The third-order valence-corrected chi connectivity index (χ3v) is 3.92. The predicted molar refractivity (Wildman–Crippen MR) is 94.0 cm³/mol. The molecule has 2 heterocycles. The zero-order valence-electron chi connectivity index (χ0n) is 12.2. The first-order chi connectivity index (χ1) is 10.9. The molecule has 106 valence electrons. The van der Waals surface area contributed by atoms with E-state index < -0.39 is 0 Å². The van der Waals surface area contributed by atoms with Crippen molar-refractivity contribution in [2.45, 2.75) is 6.42 Å². The summed E-state index contributed by atoms with van der Waals surface area (Å²) in [6.07, 6.45) is 11.3. The second kappa shape index (κ2) is 5.49. The summed E-state index contributed by atoms with van der Waals surface area (Å²) in [6, 6.07) is 16.7. The van der Waals surface area contributed by atoms with E-state index in [1.165, 1.54) is 27.2 Å². The van der Waals surface area contributed by atoms with E-state index in [0.29, 0.717) is 0 Å². The number of fused-ring (bicyclic) bond motifs is 5. The van der Waals surface area contributed by atoms with Crippen LogP contribution in [0.4, 0.5) is 0 Å². The molecule has 2 aromatic heterocycles. The Kier molecular flexibility index (Phi) is 3.20. The molecular formula is C20H16N2. The van der Waals surface area contributed by atoms with Crippen molar-refractivity contribution in [1.82, 2.24) is 9.97 Å². The Labute approximate surface area is 128 Å². The Morgan fingerprint density at radius 2 is 1.59 bits per heavy atom. The van der Waals surface area contributed by atoms with Crippen LogP contribution in [0.25, 0.3) is 32.7 Å². The molecule has 2 aromatic carbocycles. The first kappa shape index (κ1) is 12.8. The van der Waals surface area contributed by atoms with Crippen molar-refractivity contribution in [3.63, 3.8) is 0 Å². The molecule has 0 aliphatic heterocycles. The molecule has 1 N–H and O–H groups in total. The fourth-order valence-electron chi connectivity index (χ4n) is 2.87. The van der Waals surface area contributed by atoms with Crippen LogP contribution < -0.4 is 0 Å². The van der Waals surface area contributed by atoms with Crippen LogP contribution in [0.5, 0.6) is 0 Å². The summed E-state index contributed by atoms with van der Waals surface area (Å²) in [4.78, 5) is 7.86. The number of benzene rings is 2. The number of H-pyrrole nitrogens is 1. The normalized spacial score (nSPS) is 12.9. The average Bonchev–Trinajstić information content (AvgIpc) is 3.26. The van der Waals surface area contributed by atoms with Gasteiger partial charge < -0.3 is 4.98 Å². The van der Waals surface area contributed by atoms with Gasteiger partial charge >= 0.3 is 0 Å². The van der Waals surface area contributed by atoms with Crippen LogP contribution in [-0.4, -0.2) is 9.97 Å². The minimum atomic E-state index is 1.03. The van der Waals surface area contributed by atoms with Crippen LogP contribution >= 0.6 is 0 Å². The predicted octanol–water partition coefficient (Wildman–Crippen LogP) is 5.37. The Morgan fingerprint density at radius 1 is 0.773 bits per heavy atom. The number of rotatable bonds is 0. The lowest BCUT2D eigenvalue weighted by Gasteiger charge is -1.97. The highest BCUT2D eigenvalue weighted by molar-refractivity contribution is 6.16. The standard InChI is InChI=1S/C15H10N2.C5H6/c1-2-6-14-10(4-1)11-7-8-13-12(15(11)17-14)5-3-9-16-13;1-2-4-5-3-1/h1-9,17H;1-4H,5H2. The zero-order chi connectivity index (χ0) is 14.8. The maximum atomic E-state index is 4.38. The maximum absolute atomic E-state index is 4.38. The molecule has 0 bridgehead atoms. The van der Waals surface area contributed by atoms with Crippen molar-refractivity contribution in [3.05, 3.63) is 79.0 Å². The molecule has 1 aliphatic carbocycles. The van der Waals surface area contributed by atoms with E-state index in [4.69, 9.17) is 0 Å². The Hall–Kier alpha value is -2.87. The lowest BCUT2D eigenvalue weighted by molar-refractivity contribution is 1.42. The van der Waals surface area contributed by atoms with Gasteiger partial charge in [-0.05, 0) is 30.7 Å². The molecule has 0 radical (unpaired) electrons. The van der Waals surface area contributed by atoms with Gasteiger partial charge in [0, 0.05) is 27.9 Å². The number of hydrogen-bond donors (Lipinski definition) is 1. The molecule has 0 atom stereocenters. The first-order valence-electron chi connectivity index (χ1n) is 7.49. The average molecular weight is 284 g/mol. The van der Waals surface area contributed by atoms with Crippen LogP contribution in [-0.2, 0) is 0 Å². The van der Waals surface area contributed by atoms with Crippen LogP contribution in [0.1, 0.15) is 6.42 Å². The summed E-state index contributed by atoms with van der Waals surface area (Å²) in [7, 11) is 0. The number of hydrogen-bond acceptors (Lipinski definition) is 1. The molecule has 0 amide bonds. The topological polar surface area (TPSA) is 28.7 Å². The summed E-state index contributed by atoms with van der Waals surface area (Å²) < 4.78 is 0. The van der Waals surface area contributed by atoms with Crippen molar-refractivity contribution in [2.24, 2.45) is 0 Å². The molecule has 0 saturated carbocycles. The van der Waals surface area contributed by atoms with Crippen molar-refractivity contribution in [1.29, 1.82) is 0 Å². The molecule has 0 spiro atoms. The van der Waals surface area contributed by atoms with Crippen LogP contribution in [0.3, 0.4) is 0 Å². The number of nitrogens with one attached hydrogen (secondary N) is 1. The van der Waals surface area contributed by atoms with E-state index >= 15 is 0 Å². The molecule has 2 heteroatoms. The Bertz CT molecular complexity index is 996. The monoisotopic (exact) mass is 284 g/mol. The van der Waals surface area contributed by atoms with Gasteiger partial charge in [-0.15, -0.1) is 0 Å². The van der Waals surface area contributed by atoms with Gasteiger partial charge in [-0.1, -0.05) is 48.6 Å². The highest BCUT2D eigenvalue weighted by Gasteiger charge is 2.06. The van der Waals surface area contributed by atoms with Gasteiger partial charge in [-0.25, -0.2) is 0 Å². The molecule has 1 aliphatic rings. The molecule has 0 fully saturated rings. The van der Waals surface area contributed by atoms with E-state index in [2.05, 4.69) is 76.7 Å². The van der Waals surface area contributed by atoms with E-state index in [1.54, 1.807) is 0 Å². The number of aromatic nitrogens is 2. The number of nitrogens with zero attached hydrogens (tertiary/aromatic N) is 1. The SMILES string of the molecule is C1=CCC=C1.c1ccc2c(c1)[nH]c1c3cccnc3ccc21. The molecule has 22 heavy (non-hydrogen) atoms. The van der Waals surface area contributed by atoms with Gasteiger partial charge in [0.2, 0.25) is 0 Å². The van der Waals surface area contributed by atoms with E-state index in [-0.39, 0.29) is 0 Å². The van der Waals surface area contributed by atoms with Crippen LogP contribution in [0.2, 0.25) is 0 Å². The van der Waals surface area contributed by atoms with Crippen LogP contribution in [0.15, 0.2) is 79.0 Å². The summed E-state index contributed by atoms with van der Waals surface area (Å²) in [5.41, 5.74) is 3.39. The van der Waals surface area contributed by atoms with Gasteiger partial charge in [0.05, 0.1) is 11.0 Å². The smallest absolute Gasteiger partial charge is 0.0723 e. The minimum absolute atomic E-state index is 1.03. The maximum Gasteiger partial charge on any atom is 0.0723 e. The minimum Gasteiger partial charge on any atom is -0.354 e. The number of para-hydroxylation sites is 1. The summed E-state index contributed by atoms with van der Waals surface area (Å²) in [5.74, 6) is 0. The van der Waals surface area contributed by atoms with Crippen molar-refractivity contribution < 1.29 is 0 Å². The number of pyridine rings is 1. The van der Waals surface area contributed by atoms with Crippen LogP contribution in [0, 0.1) is 0 Å². The molecule has 5 rings (SSSR count). The molecular weight excluding hydrogens is 268 g/mol. The fourth-order valence-corrected chi connectivity index (χ4v) is 2.87. The largest absolute Gasteiger partial charge is 0.354 e. The first-order valence-corrected chi connectivity index (χ1v) is 7.49. The highest BCUT2D eigenvalue weighted by atomic mass is 14.7. The number of aromatic amines is 1. The van der Waals surface area contributed by atoms with Gasteiger partial charge in [-0.3, -0.25) is 4.98 Å². The lowest BCUT2D eigenvalue weighted by atomic mass is 10.1. The van der Waals surface area contributed by atoms with Crippen molar-refractivity contribution in [3.8, 4) is 0 Å². The number of allylic oxidation sites excluding steroid dienone is 4.